The van der Waals surface area contributed by atoms with E-state index in [9.17, 15) is 14.4 Å². The molecule has 14 heteroatoms. The summed E-state index contributed by atoms with van der Waals surface area (Å²) in [5.41, 5.74) is 6.79. The molecule has 1 fully saturated rings. The Balaban J connectivity index is 0.00000240. The van der Waals surface area contributed by atoms with E-state index in [1.807, 2.05) is 0 Å². The Labute approximate surface area is 182 Å². The molecule has 2 aliphatic heterocycles. The lowest BCUT2D eigenvalue weighted by molar-refractivity contribution is -0.151. The van der Waals surface area contributed by atoms with Gasteiger partial charge in [0.25, 0.3) is 0 Å². The summed E-state index contributed by atoms with van der Waals surface area (Å²) in [5.74, 6) is -0.517. The van der Waals surface area contributed by atoms with Crippen LogP contribution in [0.15, 0.2) is 35.6 Å². The molecule has 2 aromatic heterocycles. The van der Waals surface area contributed by atoms with Crippen molar-refractivity contribution in [1.82, 2.24) is 14.3 Å². The van der Waals surface area contributed by atoms with Crippen LogP contribution in [0.2, 0.25) is 0 Å². The van der Waals surface area contributed by atoms with E-state index in [1.54, 1.807) is 0 Å². The number of aromatic nitrogens is 2. The minimum Gasteiger partial charge on any atom is -0.453 e. The summed E-state index contributed by atoms with van der Waals surface area (Å²) in [6.45, 7) is 1.26. The fourth-order valence-corrected chi connectivity index (χ4v) is 5.64. The van der Waals surface area contributed by atoms with Crippen molar-refractivity contribution in [1.29, 1.82) is 0 Å². The average Bonchev–Trinajstić information content (AvgIpc) is 3.32. The van der Waals surface area contributed by atoms with Gasteiger partial charge >= 0.3 is 11.8 Å². The molecule has 1 unspecified atom stereocenters. The van der Waals surface area contributed by atoms with Crippen LogP contribution in [0.1, 0.15) is 11.5 Å². The Bertz CT molecular complexity index is 1000. The molecule has 0 bridgehead atoms. The number of amides is 1. The molecule has 0 spiro atoms. The molecule has 2 N–H and O–H groups in total. The van der Waals surface area contributed by atoms with Gasteiger partial charge < -0.3 is 19.3 Å². The largest absolute Gasteiger partial charge is 0.519 e. The number of halogens is 1. The van der Waals surface area contributed by atoms with Crippen LogP contribution in [0.4, 0.5) is 0 Å². The van der Waals surface area contributed by atoms with E-state index < -0.39 is 17.8 Å². The van der Waals surface area contributed by atoms with Crippen molar-refractivity contribution in [3.05, 3.63) is 39.7 Å². The number of esters is 1. The normalized spacial score (nSPS) is 20.8. The van der Waals surface area contributed by atoms with Crippen LogP contribution in [0, 0.1) is 6.92 Å². The number of aryl methyl sites for hydroxylation is 1. The third-order valence-electron chi connectivity index (χ3n) is 4.16. The van der Waals surface area contributed by atoms with E-state index in [1.165, 1.54) is 53.2 Å². The van der Waals surface area contributed by atoms with Gasteiger partial charge in [-0.2, -0.15) is 4.37 Å². The van der Waals surface area contributed by atoms with Gasteiger partial charge in [-0.3, -0.25) is 9.69 Å². The molecule has 2 aliphatic rings. The molecule has 2 aromatic rings. The summed E-state index contributed by atoms with van der Waals surface area (Å²) in [7, 11) is 0. The second-order valence-corrected chi connectivity index (χ2v) is 9.00. The van der Waals surface area contributed by atoms with Gasteiger partial charge in [0.15, 0.2) is 22.5 Å². The summed E-state index contributed by atoms with van der Waals surface area (Å²) in [6.07, 6.45) is 1.46. The molecular weight excluding hydrogens is 464 g/mol. The van der Waals surface area contributed by atoms with Crippen LogP contribution >= 0.6 is 47.5 Å². The number of rotatable bonds is 6. The van der Waals surface area contributed by atoms with E-state index in [2.05, 4.69) is 9.36 Å². The molecular formula is C15H15ClN4O6S3. The molecule has 156 valence electrons. The lowest BCUT2D eigenvalue weighted by atomic mass is 10.0. The van der Waals surface area contributed by atoms with Gasteiger partial charge in [0.1, 0.15) is 23.4 Å². The zero-order valence-electron chi connectivity index (χ0n) is 14.9. The molecule has 0 aliphatic carbocycles. The molecule has 1 amide bonds. The van der Waals surface area contributed by atoms with Gasteiger partial charge in [-0.05, 0) is 24.0 Å². The minimum atomic E-state index is -0.866. The van der Waals surface area contributed by atoms with Gasteiger partial charge in [-0.1, -0.05) is 11.8 Å². The van der Waals surface area contributed by atoms with Gasteiger partial charge in [0, 0.05) is 11.5 Å². The number of β-lactam (4-membered cyclic amide) rings is 1. The number of ether oxygens (including phenoxy) is 1. The fourth-order valence-electron chi connectivity index (χ4n) is 2.76. The molecule has 0 aromatic carbocycles. The first kappa shape index (κ1) is 21.9. The zero-order valence-corrected chi connectivity index (χ0v) is 18.1. The van der Waals surface area contributed by atoms with E-state index in [4.69, 9.17) is 19.3 Å². The van der Waals surface area contributed by atoms with Crippen molar-refractivity contribution >= 4 is 59.3 Å². The number of fused-ring (bicyclic) bond motifs is 1. The van der Waals surface area contributed by atoms with E-state index in [0.717, 1.165) is 9.91 Å². The number of nitrogens with zero attached hydrogens (tertiary/aromatic N) is 3. The second kappa shape index (κ2) is 8.92. The maximum absolute atomic E-state index is 12.8. The summed E-state index contributed by atoms with van der Waals surface area (Å²) < 4.78 is 19.6. The van der Waals surface area contributed by atoms with Crippen molar-refractivity contribution in [2.75, 3.05) is 11.5 Å². The molecule has 2 atom stereocenters. The number of hydrogen-bond acceptors (Lipinski definition) is 12. The van der Waals surface area contributed by atoms with Crippen molar-refractivity contribution in [2.24, 2.45) is 5.73 Å². The van der Waals surface area contributed by atoms with Crippen LogP contribution in [-0.2, 0) is 20.9 Å². The van der Waals surface area contributed by atoms with Gasteiger partial charge in [-0.25, -0.2) is 14.6 Å². The first-order valence-corrected chi connectivity index (χ1v) is 10.8. The summed E-state index contributed by atoms with van der Waals surface area (Å²) in [5, 5.41) is -0.293. The average molecular weight is 479 g/mol. The quantitative estimate of drug-likeness (QED) is 0.362. The maximum Gasteiger partial charge on any atom is 0.519 e. The van der Waals surface area contributed by atoms with Gasteiger partial charge in [0.2, 0.25) is 5.91 Å². The van der Waals surface area contributed by atoms with Gasteiger partial charge in [-0.15, -0.1) is 24.2 Å². The first-order chi connectivity index (χ1) is 13.5. The van der Waals surface area contributed by atoms with Gasteiger partial charge in [0.05, 0.1) is 0 Å². The van der Waals surface area contributed by atoms with Crippen molar-refractivity contribution in [2.45, 2.75) is 29.3 Å². The van der Waals surface area contributed by atoms with E-state index in [0.29, 0.717) is 11.5 Å². The maximum atomic E-state index is 12.8. The van der Waals surface area contributed by atoms with Crippen LogP contribution in [0.25, 0.3) is 0 Å². The molecule has 4 heterocycles. The molecule has 0 radical (unpaired) electrons. The highest BCUT2D eigenvalue weighted by molar-refractivity contribution is 8.01. The highest BCUT2D eigenvalue weighted by Crippen LogP contribution is 2.41. The predicted molar refractivity (Wildman–Crippen MR) is 108 cm³/mol. The monoisotopic (exact) mass is 478 g/mol. The fraction of sp³-hybridized carbons (Fsp3) is 0.400. The van der Waals surface area contributed by atoms with Crippen LogP contribution < -0.4 is 11.6 Å². The minimum absolute atomic E-state index is 0. The Hall–Kier alpha value is -1.80. The highest BCUT2D eigenvalue weighted by atomic mass is 35.5. The van der Waals surface area contributed by atoms with Crippen molar-refractivity contribution < 1.29 is 23.2 Å². The van der Waals surface area contributed by atoms with E-state index >= 15 is 0 Å². The highest BCUT2D eigenvalue weighted by Gasteiger charge is 2.52. The third kappa shape index (κ3) is 4.23. The molecule has 4 rings (SSSR count). The Kier molecular flexibility index (Phi) is 6.73. The number of carbonyl (C=O) groups is 2. The Morgan fingerprint density at radius 1 is 1.45 bits per heavy atom. The molecule has 0 saturated carbocycles. The van der Waals surface area contributed by atoms with Crippen LogP contribution in [0.3, 0.4) is 0 Å². The third-order valence-corrected chi connectivity index (χ3v) is 7.41. The number of hydrogen-bond donors (Lipinski definition) is 1. The lowest BCUT2D eigenvalue weighted by Gasteiger charge is -2.48. The molecule has 10 nitrogen and oxygen atoms in total. The van der Waals surface area contributed by atoms with Crippen LogP contribution in [0.5, 0.6) is 0 Å². The van der Waals surface area contributed by atoms with E-state index in [-0.39, 0.29) is 47.5 Å². The van der Waals surface area contributed by atoms with Crippen LogP contribution in [-0.4, -0.2) is 49.1 Å². The molecule has 1 saturated heterocycles. The molecule has 29 heavy (non-hydrogen) atoms. The standard InChI is InChI=1S/C15H14N4O6S3.ClH/c1-6-8(25-15(22)24-6)2-23-13(21)10-7(4-27-14-17-5-18-28-14)3-26-12-9(16)11(20)19(10)12;/h5,9,12H,2-4,16H2,1H3;1H/t9?,12-;/m0./s1. The summed E-state index contributed by atoms with van der Waals surface area (Å²) in [6, 6.07) is -0.640. The Morgan fingerprint density at radius 3 is 2.90 bits per heavy atom. The van der Waals surface area contributed by atoms with Crippen molar-refractivity contribution in [3.8, 4) is 0 Å². The SMILES string of the molecule is Cc1oc(=O)oc1COC(=O)C1=C(CSc2ncns2)CS[C@H]2C(N)C(=O)N12.Cl. The Morgan fingerprint density at radius 2 is 2.24 bits per heavy atom. The topological polar surface area (TPSA) is 142 Å². The summed E-state index contributed by atoms with van der Waals surface area (Å²) in [4.78, 5) is 41.7. The lowest BCUT2D eigenvalue weighted by Crippen LogP contribution is -2.68. The smallest absolute Gasteiger partial charge is 0.453 e. The van der Waals surface area contributed by atoms with Crippen molar-refractivity contribution in [3.63, 3.8) is 0 Å². The number of nitrogens with two attached hydrogens (primary N) is 1. The first-order valence-electron chi connectivity index (χ1n) is 8.04. The zero-order chi connectivity index (χ0) is 19.8. The number of carbonyl (C=O) groups excluding carboxylic acids is 2. The summed E-state index contributed by atoms with van der Waals surface area (Å²) >= 11 is 4.18. The predicted octanol–water partition coefficient (Wildman–Crippen LogP) is 1.15. The number of thioether (sulfide) groups is 2. The second-order valence-electron chi connectivity index (χ2n) is 5.89.